The van der Waals surface area contributed by atoms with Gasteiger partial charge in [0.15, 0.2) is 0 Å². The van der Waals surface area contributed by atoms with Crippen molar-refractivity contribution in [3.05, 3.63) is 76.2 Å². The summed E-state index contributed by atoms with van der Waals surface area (Å²) in [5, 5.41) is 7.34. The smallest absolute Gasteiger partial charge is 0.128 e. The van der Waals surface area contributed by atoms with Gasteiger partial charge in [-0.3, -0.25) is 0 Å². The van der Waals surface area contributed by atoms with E-state index < -0.39 is 0 Å². The van der Waals surface area contributed by atoms with Crippen LogP contribution in [0.25, 0.3) is 0 Å². The number of hydrogen-bond donors (Lipinski definition) is 2. The molecular formula is C21H24ClFN2. The number of benzene rings is 2. The Morgan fingerprint density at radius 2 is 2.12 bits per heavy atom. The van der Waals surface area contributed by atoms with E-state index in [1.165, 1.54) is 17.2 Å². The van der Waals surface area contributed by atoms with Gasteiger partial charge in [-0.1, -0.05) is 48.9 Å². The predicted molar refractivity (Wildman–Crippen MR) is 104 cm³/mol. The normalized spacial score (nSPS) is 19.8. The maximum Gasteiger partial charge on any atom is 0.128 e. The van der Waals surface area contributed by atoms with Gasteiger partial charge in [-0.15, -0.1) is 0 Å². The molecule has 25 heavy (non-hydrogen) atoms. The van der Waals surface area contributed by atoms with E-state index in [9.17, 15) is 4.39 Å². The lowest BCUT2D eigenvalue weighted by molar-refractivity contribution is 0.586. The van der Waals surface area contributed by atoms with E-state index in [1.54, 1.807) is 12.1 Å². The highest BCUT2D eigenvalue weighted by Crippen LogP contribution is 2.32. The summed E-state index contributed by atoms with van der Waals surface area (Å²) in [4.78, 5) is 0. The molecule has 2 unspecified atom stereocenters. The molecule has 0 amide bonds. The number of aryl methyl sites for hydroxylation is 2. The SMILES string of the molecule is C=C(Nc1ccc(C)cc1CC)C1CC(c2ccc(Cl)cc2F)CN1. The number of nitrogens with one attached hydrogen (secondary N) is 2. The molecule has 132 valence electrons. The van der Waals surface area contributed by atoms with Gasteiger partial charge >= 0.3 is 0 Å². The first-order valence-corrected chi connectivity index (χ1v) is 9.09. The molecule has 0 radical (unpaired) electrons. The molecule has 0 aromatic heterocycles. The molecule has 1 saturated heterocycles. The first-order valence-electron chi connectivity index (χ1n) is 8.71. The third-order valence-electron chi connectivity index (χ3n) is 4.89. The fourth-order valence-electron chi connectivity index (χ4n) is 3.47. The second-order valence-electron chi connectivity index (χ2n) is 6.72. The van der Waals surface area contributed by atoms with Crippen molar-refractivity contribution in [3.8, 4) is 0 Å². The molecule has 0 aliphatic carbocycles. The summed E-state index contributed by atoms with van der Waals surface area (Å²) in [5.74, 6) is -0.102. The van der Waals surface area contributed by atoms with Gasteiger partial charge in [0.05, 0.1) is 0 Å². The van der Waals surface area contributed by atoms with Crippen LogP contribution in [-0.4, -0.2) is 12.6 Å². The highest BCUT2D eigenvalue weighted by atomic mass is 35.5. The number of rotatable bonds is 5. The zero-order chi connectivity index (χ0) is 18.0. The number of halogens is 2. The van der Waals surface area contributed by atoms with E-state index >= 15 is 0 Å². The summed E-state index contributed by atoms with van der Waals surface area (Å²) < 4.78 is 14.2. The van der Waals surface area contributed by atoms with Crippen LogP contribution >= 0.6 is 11.6 Å². The average Bonchev–Trinajstić information content (AvgIpc) is 3.06. The Morgan fingerprint density at radius 3 is 2.84 bits per heavy atom. The Hall–Kier alpha value is -1.84. The number of hydrogen-bond acceptors (Lipinski definition) is 2. The Labute approximate surface area is 154 Å². The van der Waals surface area contributed by atoms with Gasteiger partial charge in [0.1, 0.15) is 5.82 Å². The van der Waals surface area contributed by atoms with Crippen molar-refractivity contribution >= 4 is 17.3 Å². The van der Waals surface area contributed by atoms with Crippen LogP contribution in [0.15, 0.2) is 48.7 Å². The second kappa shape index (κ2) is 7.59. The molecule has 1 aliphatic rings. The van der Waals surface area contributed by atoms with E-state index in [-0.39, 0.29) is 17.8 Å². The largest absolute Gasteiger partial charge is 0.358 e. The van der Waals surface area contributed by atoms with Gasteiger partial charge in [-0.25, -0.2) is 4.39 Å². The minimum absolute atomic E-state index is 0.117. The molecule has 2 N–H and O–H groups in total. The van der Waals surface area contributed by atoms with Crippen molar-refractivity contribution in [1.82, 2.24) is 5.32 Å². The lowest BCUT2D eigenvalue weighted by atomic mass is 9.95. The van der Waals surface area contributed by atoms with Crippen LogP contribution in [0.1, 0.15) is 36.0 Å². The first-order chi connectivity index (χ1) is 12.0. The van der Waals surface area contributed by atoms with E-state index in [0.717, 1.165) is 36.3 Å². The molecule has 2 aromatic rings. The molecule has 4 heteroatoms. The summed E-state index contributed by atoms with van der Waals surface area (Å²) in [5.41, 5.74) is 5.28. The summed E-state index contributed by atoms with van der Waals surface area (Å²) in [6.07, 6.45) is 1.78. The average molecular weight is 359 g/mol. The van der Waals surface area contributed by atoms with Crippen LogP contribution in [0.4, 0.5) is 10.1 Å². The van der Waals surface area contributed by atoms with Crippen LogP contribution in [0.5, 0.6) is 0 Å². The third-order valence-corrected chi connectivity index (χ3v) is 5.13. The Morgan fingerprint density at radius 1 is 1.32 bits per heavy atom. The summed E-state index contributed by atoms with van der Waals surface area (Å²) in [6, 6.07) is 11.4. The van der Waals surface area contributed by atoms with Crippen LogP contribution in [0.3, 0.4) is 0 Å². The van der Waals surface area contributed by atoms with E-state index in [0.29, 0.717) is 5.02 Å². The molecule has 2 atom stereocenters. The van der Waals surface area contributed by atoms with Crippen LogP contribution in [-0.2, 0) is 6.42 Å². The zero-order valence-corrected chi connectivity index (χ0v) is 15.5. The minimum Gasteiger partial charge on any atom is -0.358 e. The summed E-state index contributed by atoms with van der Waals surface area (Å²) in [7, 11) is 0. The van der Waals surface area contributed by atoms with Crippen molar-refractivity contribution < 1.29 is 4.39 Å². The maximum absolute atomic E-state index is 14.2. The van der Waals surface area contributed by atoms with Crippen LogP contribution < -0.4 is 10.6 Å². The topological polar surface area (TPSA) is 24.1 Å². The molecule has 2 nitrogen and oxygen atoms in total. The van der Waals surface area contributed by atoms with Crippen molar-refractivity contribution in [2.45, 2.75) is 38.6 Å². The van der Waals surface area contributed by atoms with Crippen molar-refractivity contribution in [2.24, 2.45) is 0 Å². The molecule has 0 spiro atoms. The van der Waals surface area contributed by atoms with Crippen LogP contribution in [0.2, 0.25) is 5.02 Å². The van der Waals surface area contributed by atoms with E-state index in [4.69, 9.17) is 11.6 Å². The van der Waals surface area contributed by atoms with Crippen LogP contribution in [0, 0.1) is 12.7 Å². The lowest BCUT2D eigenvalue weighted by Gasteiger charge is -2.19. The first kappa shape index (κ1) is 18.0. The molecule has 0 saturated carbocycles. The Balaban J connectivity index is 1.68. The molecule has 1 fully saturated rings. The highest BCUT2D eigenvalue weighted by Gasteiger charge is 2.29. The molecule has 1 heterocycles. The summed E-state index contributed by atoms with van der Waals surface area (Å²) >= 11 is 5.85. The molecule has 1 aliphatic heterocycles. The quantitative estimate of drug-likeness (QED) is 0.745. The predicted octanol–water partition coefficient (Wildman–Crippen LogP) is 5.42. The van der Waals surface area contributed by atoms with Crippen molar-refractivity contribution in [2.75, 3.05) is 11.9 Å². The fourth-order valence-corrected chi connectivity index (χ4v) is 3.63. The van der Waals surface area contributed by atoms with E-state index in [2.05, 4.69) is 49.3 Å². The number of anilines is 1. The minimum atomic E-state index is -0.231. The standard InChI is InChI=1S/C21H24ClFN2/c1-4-15-9-13(2)5-8-20(15)25-14(3)21-10-16(12-24-21)18-7-6-17(22)11-19(18)23/h5-9,11,16,21,24-25H,3-4,10,12H2,1-2H3. The van der Waals surface area contributed by atoms with Gasteiger partial charge in [0.2, 0.25) is 0 Å². The molecule has 0 bridgehead atoms. The third kappa shape index (κ3) is 4.05. The fraction of sp³-hybridized carbons (Fsp3) is 0.333. The second-order valence-corrected chi connectivity index (χ2v) is 7.16. The highest BCUT2D eigenvalue weighted by molar-refractivity contribution is 6.30. The van der Waals surface area contributed by atoms with E-state index in [1.807, 2.05) is 0 Å². The van der Waals surface area contributed by atoms with Gasteiger partial charge in [0.25, 0.3) is 0 Å². The summed E-state index contributed by atoms with van der Waals surface area (Å²) in [6.45, 7) is 9.19. The monoisotopic (exact) mass is 358 g/mol. The van der Waals surface area contributed by atoms with Crippen molar-refractivity contribution in [3.63, 3.8) is 0 Å². The lowest BCUT2D eigenvalue weighted by Crippen LogP contribution is -2.27. The Kier molecular flexibility index (Phi) is 5.45. The van der Waals surface area contributed by atoms with Gasteiger partial charge in [0, 0.05) is 34.9 Å². The van der Waals surface area contributed by atoms with Gasteiger partial charge in [-0.05, 0) is 49.1 Å². The van der Waals surface area contributed by atoms with Crippen molar-refractivity contribution in [1.29, 1.82) is 0 Å². The maximum atomic E-state index is 14.2. The molecule has 2 aromatic carbocycles. The van der Waals surface area contributed by atoms with Gasteiger partial charge in [-0.2, -0.15) is 0 Å². The Bertz CT molecular complexity index is 787. The zero-order valence-electron chi connectivity index (χ0n) is 14.7. The van der Waals surface area contributed by atoms with Gasteiger partial charge < -0.3 is 10.6 Å². The molecular weight excluding hydrogens is 335 g/mol. The molecule has 3 rings (SSSR count).